The third-order valence-electron chi connectivity index (χ3n) is 2.68. The van der Waals surface area contributed by atoms with E-state index >= 15 is 0 Å². The number of nitrogens with zero attached hydrogens (tertiary/aromatic N) is 1. The number of rotatable bonds is 2. The van der Waals surface area contributed by atoms with Crippen LogP contribution >= 0.6 is 11.6 Å². The number of aryl methyl sites for hydroxylation is 1. The summed E-state index contributed by atoms with van der Waals surface area (Å²) >= 11 is 6.03. The van der Waals surface area contributed by atoms with Crippen molar-refractivity contribution in [1.29, 1.82) is 0 Å². The number of hydrogen-bond donors (Lipinski definition) is 1. The Hall–Kier alpha value is -1.45. The van der Waals surface area contributed by atoms with Crippen molar-refractivity contribution >= 4 is 11.6 Å². The average molecular weight is 251 g/mol. The van der Waals surface area contributed by atoms with Gasteiger partial charge in [0.25, 0.3) is 0 Å². The molecule has 0 radical (unpaired) electrons. The molecule has 0 saturated carbocycles. The molecule has 0 saturated heterocycles. The number of hydrogen-bond acceptors (Lipinski definition) is 2. The maximum absolute atomic E-state index is 13.2. The Labute approximate surface area is 104 Å². The molecule has 0 aliphatic carbocycles. The van der Waals surface area contributed by atoms with Crippen LogP contribution in [0.3, 0.4) is 0 Å². The van der Waals surface area contributed by atoms with Crippen LogP contribution in [0.15, 0.2) is 36.5 Å². The third-order valence-corrected chi connectivity index (χ3v) is 3.02. The lowest BCUT2D eigenvalue weighted by molar-refractivity contribution is 0.623. The molecule has 4 heteroatoms. The summed E-state index contributed by atoms with van der Waals surface area (Å²) in [5.41, 5.74) is 8.33. The summed E-state index contributed by atoms with van der Waals surface area (Å²) in [6, 6.07) is 7.39. The monoisotopic (exact) mass is 250 g/mol. The molecule has 1 aromatic carbocycles. The molecule has 1 unspecified atom stereocenters. The second-order valence-electron chi connectivity index (χ2n) is 3.82. The first kappa shape index (κ1) is 12.0. The predicted molar refractivity (Wildman–Crippen MR) is 66.4 cm³/mol. The lowest BCUT2D eigenvalue weighted by atomic mass is 9.98. The van der Waals surface area contributed by atoms with Crippen LogP contribution in [0, 0.1) is 12.7 Å². The Kier molecular flexibility index (Phi) is 3.41. The van der Waals surface area contributed by atoms with Gasteiger partial charge in [-0.3, -0.25) is 4.98 Å². The molecule has 88 valence electrons. The SMILES string of the molecule is Cc1ncccc1C(N)c1cc(F)ccc1Cl. The summed E-state index contributed by atoms with van der Waals surface area (Å²) in [4.78, 5) is 4.16. The van der Waals surface area contributed by atoms with Gasteiger partial charge in [0, 0.05) is 16.9 Å². The molecule has 2 nitrogen and oxygen atoms in total. The predicted octanol–water partition coefficient (Wildman–Crippen LogP) is 3.23. The number of pyridine rings is 1. The summed E-state index contributed by atoms with van der Waals surface area (Å²) in [7, 11) is 0. The van der Waals surface area contributed by atoms with Crippen LogP contribution in [0.4, 0.5) is 4.39 Å². The first-order chi connectivity index (χ1) is 8.09. The van der Waals surface area contributed by atoms with Crippen LogP contribution in [-0.2, 0) is 0 Å². The molecule has 0 bridgehead atoms. The van der Waals surface area contributed by atoms with Gasteiger partial charge in [0.05, 0.1) is 6.04 Å². The van der Waals surface area contributed by atoms with E-state index in [2.05, 4.69) is 4.98 Å². The minimum Gasteiger partial charge on any atom is -0.320 e. The summed E-state index contributed by atoms with van der Waals surface area (Å²) < 4.78 is 13.2. The van der Waals surface area contributed by atoms with Gasteiger partial charge < -0.3 is 5.73 Å². The van der Waals surface area contributed by atoms with Crippen molar-refractivity contribution in [3.63, 3.8) is 0 Å². The fourth-order valence-electron chi connectivity index (χ4n) is 1.75. The Morgan fingerprint density at radius 3 is 2.76 bits per heavy atom. The van der Waals surface area contributed by atoms with Crippen LogP contribution in [0.2, 0.25) is 5.02 Å². The largest absolute Gasteiger partial charge is 0.320 e. The molecule has 0 aliphatic heterocycles. The maximum atomic E-state index is 13.2. The van der Waals surface area contributed by atoms with Gasteiger partial charge in [0.1, 0.15) is 5.82 Å². The zero-order valence-electron chi connectivity index (χ0n) is 9.32. The van der Waals surface area contributed by atoms with Crippen LogP contribution < -0.4 is 5.73 Å². The molecule has 17 heavy (non-hydrogen) atoms. The molecule has 2 rings (SSSR count). The highest BCUT2D eigenvalue weighted by Gasteiger charge is 2.15. The van der Waals surface area contributed by atoms with Gasteiger partial charge in [-0.1, -0.05) is 17.7 Å². The molecular weight excluding hydrogens is 239 g/mol. The Morgan fingerprint density at radius 2 is 2.06 bits per heavy atom. The minimum atomic E-state index is -0.466. The van der Waals surface area contributed by atoms with Crippen LogP contribution in [-0.4, -0.2) is 4.98 Å². The topological polar surface area (TPSA) is 38.9 Å². The third kappa shape index (κ3) is 2.46. The van der Waals surface area contributed by atoms with E-state index in [-0.39, 0.29) is 5.82 Å². The number of aromatic nitrogens is 1. The molecule has 2 aromatic rings. The summed E-state index contributed by atoms with van der Waals surface area (Å²) in [6.45, 7) is 1.86. The highest BCUT2D eigenvalue weighted by Crippen LogP contribution is 2.28. The Morgan fingerprint density at radius 1 is 1.29 bits per heavy atom. The highest BCUT2D eigenvalue weighted by molar-refractivity contribution is 6.31. The summed E-state index contributed by atoms with van der Waals surface area (Å²) in [6.07, 6.45) is 1.69. The second kappa shape index (κ2) is 4.82. The van der Waals surface area contributed by atoms with E-state index in [9.17, 15) is 4.39 Å². The molecule has 0 spiro atoms. The van der Waals surface area contributed by atoms with E-state index in [4.69, 9.17) is 17.3 Å². The van der Waals surface area contributed by atoms with Crippen LogP contribution in [0.5, 0.6) is 0 Å². The van der Waals surface area contributed by atoms with Crippen molar-refractivity contribution in [2.24, 2.45) is 5.73 Å². The quantitative estimate of drug-likeness (QED) is 0.889. The van der Waals surface area contributed by atoms with Crippen molar-refractivity contribution in [3.05, 3.63) is 64.2 Å². The normalized spacial score (nSPS) is 12.5. The first-order valence-electron chi connectivity index (χ1n) is 5.21. The molecule has 1 aromatic heterocycles. The Bertz CT molecular complexity index is 543. The zero-order chi connectivity index (χ0) is 12.4. The van der Waals surface area contributed by atoms with Crippen molar-refractivity contribution in [1.82, 2.24) is 4.98 Å². The minimum absolute atomic E-state index is 0.346. The molecule has 0 fully saturated rings. The smallest absolute Gasteiger partial charge is 0.123 e. The molecule has 0 amide bonds. The highest BCUT2D eigenvalue weighted by atomic mass is 35.5. The van der Waals surface area contributed by atoms with Crippen molar-refractivity contribution in [3.8, 4) is 0 Å². The van der Waals surface area contributed by atoms with Gasteiger partial charge in [-0.05, 0) is 42.3 Å². The number of nitrogens with two attached hydrogens (primary N) is 1. The lowest BCUT2D eigenvalue weighted by Crippen LogP contribution is -2.14. The van der Waals surface area contributed by atoms with Crippen LogP contribution in [0.25, 0.3) is 0 Å². The fourth-order valence-corrected chi connectivity index (χ4v) is 1.98. The van der Waals surface area contributed by atoms with E-state index in [0.29, 0.717) is 10.6 Å². The second-order valence-corrected chi connectivity index (χ2v) is 4.23. The summed E-state index contributed by atoms with van der Waals surface area (Å²) in [5.74, 6) is -0.346. The molecule has 2 N–H and O–H groups in total. The van der Waals surface area contributed by atoms with E-state index in [1.54, 1.807) is 12.3 Å². The van der Waals surface area contributed by atoms with Crippen molar-refractivity contribution < 1.29 is 4.39 Å². The van der Waals surface area contributed by atoms with Gasteiger partial charge in [0.2, 0.25) is 0 Å². The van der Waals surface area contributed by atoms with Gasteiger partial charge in [-0.15, -0.1) is 0 Å². The average Bonchev–Trinajstić information content (AvgIpc) is 2.32. The molecule has 1 atom stereocenters. The maximum Gasteiger partial charge on any atom is 0.123 e. The number of halogens is 2. The van der Waals surface area contributed by atoms with E-state index in [1.807, 2.05) is 13.0 Å². The van der Waals surface area contributed by atoms with Gasteiger partial charge in [-0.25, -0.2) is 4.39 Å². The fraction of sp³-hybridized carbons (Fsp3) is 0.154. The lowest BCUT2D eigenvalue weighted by Gasteiger charge is -2.15. The van der Waals surface area contributed by atoms with Crippen LogP contribution in [0.1, 0.15) is 22.9 Å². The van der Waals surface area contributed by atoms with Gasteiger partial charge >= 0.3 is 0 Å². The van der Waals surface area contributed by atoms with Gasteiger partial charge in [-0.2, -0.15) is 0 Å². The Balaban J connectivity index is 2.47. The standard InChI is InChI=1S/C13H12ClFN2/c1-8-10(3-2-6-17-8)13(16)11-7-9(15)4-5-12(11)14/h2-7,13H,16H2,1H3. The van der Waals surface area contributed by atoms with Crippen molar-refractivity contribution in [2.45, 2.75) is 13.0 Å². The van der Waals surface area contributed by atoms with Crippen molar-refractivity contribution in [2.75, 3.05) is 0 Å². The molecule has 1 heterocycles. The summed E-state index contributed by atoms with van der Waals surface area (Å²) in [5, 5.41) is 0.460. The van der Waals surface area contributed by atoms with E-state index in [1.165, 1.54) is 18.2 Å². The van der Waals surface area contributed by atoms with E-state index in [0.717, 1.165) is 11.3 Å². The van der Waals surface area contributed by atoms with Gasteiger partial charge in [0.15, 0.2) is 0 Å². The van der Waals surface area contributed by atoms with E-state index < -0.39 is 6.04 Å². The number of benzene rings is 1. The zero-order valence-corrected chi connectivity index (χ0v) is 10.1. The molecule has 0 aliphatic rings. The molecular formula is C13H12ClFN2. The first-order valence-corrected chi connectivity index (χ1v) is 5.59.